The molecule has 0 aliphatic heterocycles. The Morgan fingerprint density at radius 3 is 2.55 bits per heavy atom. The summed E-state index contributed by atoms with van der Waals surface area (Å²) in [7, 11) is 1.54. The maximum absolute atomic E-state index is 12.2. The third-order valence-corrected chi connectivity index (χ3v) is 4.46. The molecule has 0 unspecified atom stereocenters. The zero-order chi connectivity index (χ0) is 16.2. The van der Waals surface area contributed by atoms with Crippen LogP contribution in [0.5, 0.6) is 5.75 Å². The van der Waals surface area contributed by atoms with Gasteiger partial charge in [0.25, 0.3) is 0 Å². The first-order valence-electron chi connectivity index (χ1n) is 7.34. The van der Waals surface area contributed by atoms with E-state index in [0.29, 0.717) is 29.2 Å². The summed E-state index contributed by atoms with van der Waals surface area (Å²) in [4.78, 5) is 23.8. The van der Waals surface area contributed by atoms with Crippen LogP contribution in [0.1, 0.15) is 37.7 Å². The van der Waals surface area contributed by atoms with Gasteiger partial charge in [0.1, 0.15) is 11.3 Å². The van der Waals surface area contributed by atoms with E-state index in [1.165, 1.54) is 7.11 Å². The number of nitrogens with one attached hydrogen (secondary N) is 1. The van der Waals surface area contributed by atoms with Crippen molar-refractivity contribution >= 4 is 23.5 Å². The first-order valence-corrected chi connectivity index (χ1v) is 7.71. The van der Waals surface area contributed by atoms with E-state index in [1.807, 2.05) is 0 Å². The van der Waals surface area contributed by atoms with Crippen molar-refractivity contribution in [1.82, 2.24) is 5.32 Å². The normalized spacial score (nSPS) is 16.8. The Labute approximate surface area is 134 Å². The van der Waals surface area contributed by atoms with Gasteiger partial charge in [0.15, 0.2) is 0 Å². The molecule has 0 aromatic heterocycles. The van der Waals surface area contributed by atoms with Crippen LogP contribution in [0.2, 0.25) is 5.02 Å². The Hall–Kier alpha value is -1.75. The summed E-state index contributed by atoms with van der Waals surface area (Å²) < 4.78 is 5.06. The van der Waals surface area contributed by atoms with E-state index >= 15 is 0 Å². The number of carboxylic acid groups (broad SMARTS) is 1. The summed E-state index contributed by atoms with van der Waals surface area (Å²) in [6, 6.07) is 5.08. The van der Waals surface area contributed by atoms with E-state index in [9.17, 15) is 14.7 Å². The topological polar surface area (TPSA) is 75.6 Å². The summed E-state index contributed by atoms with van der Waals surface area (Å²) in [5.74, 6) is -0.666. The van der Waals surface area contributed by atoms with Gasteiger partial charge < -0.3 is 15.2 Å². The number of carboxylic acids is 1. The summed E-state index contributed by atoms with van der Waals surface area (Å²) >= 11 is 6.12. The van der Waals surface area contributed by atoms with E-state index < -0.39 is 11.5 Å². The number of rotatable bonds is 5. The van der Waals surface area contributed by atoms with Gasteiger partial charge in [-0.15, -0.1) is 0 Å². The molecule has 5 nitrogen and oxygen atoms in total. The molecule has 1 aliphatic rings. The average Bonchev–Trinajstić information content (AvgIpc) is 2.50. The van der Waals surface area contributed by atoms with Gasteiger partial charge >= 0.3 is 5.97 Å². The highest BCUT2D eigenvalue weighted by Gasteiger charge is 2.40. The second-order valence-electron chi connectivity index (χ2n) is 5.63. The molecule has 0 saturated heterocycles. The predicted molar refractivity (Wildman–Crippen MR) is 83.3 cm³/mol. The largest absolute Gasteiger partial charge is 0.497 e. The van der Waals surface area contributed by atoms with Crippen molar-refractivity contribution in [3.05, 3.63) is 28.8 Å². The minimum atomic E-state index is -1.13. The molecule has 1 fully saturated rings. The molecule has 0 radical (unpaired) electrons. The van der Waals surface area contributed by atoms with Crippen LogP contribution in [0, 0.1) is 0 Å². The first-order chi connectivity index (χ1) is 10.5. The summed E-state index contributed by atoms with van der Waals surface area (Å²) in [6.45, 7) is 0. The van der Waals surface area contributed by atoms with Crippen LogP contribution in [0.15, 0.2) is 18.2 Å². The van der Waals surface area contributed by atoms with Gasteiger partial charge in [0.2, 0.25) is 5.91 Å². The van der Waals surface area contributed by atoms with E-state index in [2.05, 4.69) is 5.32 Å². The minimum Gasteiger partial charge on any atom is -0.497 e. The number of carbonyl (C=O) groups is 2. The Morgan fingerprint density at radius 2 is 2.00 bits per heavy atom. The Bertz CT molecular complexity index is 567. The number of halogens is 1. The maximum atomic E-state index is 12.2. The molecule has 2 rings (SSSR count). The molecule has 2 N–H and O–H groups in total. The fourth-order valence-corrected chi connectivity index (χ4v) is 3.07. The number of hydrogen-bond donors (Lipinski definition) is 2. The molecule has 0 bridgehead atoms. The molecule has 1 aliphatic carbocycles. The van der Waals surface area contributed by atoms with Crippen LogP contribution in [-0.4, -0.2) is 29.6 Å². The lowest BCUT2D eigenvalue weighted by molar-refractivity contribution is -0.149. The number of benzene rings is 1. The number of hydrogen-bond acceptors (Lipinski definition) is 3. The number of amides is 1. The summed E-state index contributed by atoms with van der Waals surface area (Å²) in [5.41, 5.74) is -0.481. The zero-order valence-electron chi connectivity index (χ0n) is 12.5. The van der Waals surface area contributed by atoms with E-state index in [0.717, 1.165) is 19.3 Å². The van der Waals surface area contributed by atoms with Crippen molar-refractivity contribution in [2.75, 3.05) is 7.11 Å². The molecule has 0 atom stereocenters. The molecule has 0 spiro atoms. The quantitative estimate of drug-likeness (QED) is 0.873. The molecular formula is C16H20ClNO4. The lowest BCUT2D eigenvalue weighted by Crippen LogP contribution is -2.56. The average molecular weight is 326 g/mol. The van der Waals surface area contributed by atoms with E-state index in [4.69, 9.17) is 16.3 Å². The standard InChI is InChI=1S/C16H20ClNO4/c1-22-12-6-5-11(13(17)10-12)9-14(19)18-16(15(20)21)7-3-2-4-8-16/h5-6,10H,2-4,7-9H2,1H3,(H,18,19)(H,20,21). The minimum absolute atomic E-state index is 0.0534. The van der Waals surface area contributed by atoms with E-state index in [-0.39, 0.29) is 12.3 Å². The van der Waals surface area contributed by atoms with Gasteiger partial charge in [-0.3, -0.25) is 4.79 Å². The molecule has 0 heterocycles. The Kier molecular flexibility index (Phi) is 5.29. The Morgan fingerprint density at radius 1 is 1.32 bits per heavy atom. The van der Waals surface area contributed by atoms with Gasteiger partial charge in [-0.2, -0.15) is 0 Å². The van der Waals surface area contributed by atoms with Crippen molar-refractivity contribution < 1.29 is 19.4 Å². The van der Waals surface area contributed by atoms with Crippen LogP contribution in [0.3, 0.4) is 0 Å². The zero-order valence-corrected chi connectivity index (χ0v) is 13.3. The van der Waals surface area contributed by atoms with Gasteiger partial charge in [-0.1, -0.05) is 36.9 Å². The van der Waals surface area contributed by atoms with Crippen molar-refractivity contribution in [2.24, 2.45) is 0 Å². The smallest absolute Gasteiger partial charge is 0.329 e. The number of ether oxygens (including phenoxy) is 1. The molecule has 1 aromatic carbocycles. The molecule has 120 valence electrons. The molecule has 22 heavy (non-hydrogen) atoms. The van der Waals surface area contributed by atoms with Crippen molar-refractivity contribution in [3.8, 4) is 5.75 Å². The second kappa shape index (κ2) is 7.01. The first kappa shape index (κ1) is 16.6. The van der Waals surface area contributed by atoms with Crippen LogP contribution < -0.4 is 10.1 Å². The van der Waals surface area contributed by atoms with Crippen LogP contribution in [0.25, 0.3) is 0 Å². The monoisotopic (exact) mass is 325 g/mol. The molecule has 1 aromatic rings. The number of carbonyl (C=O) groups excluding carboxylic acids is 1. The molecule has 1 saturated carbocycles. The highest BCUT2D eigenvalue weighted by atomic mass is 35.5. The van der Waals surface area contributed by atoms with Gasteiger partial charge in [-0.25, -0.2) is 4.79 Å². The molecule has 1 amide bonds. The molecule has 6 heteroatoms. The second-order valence-corrected chi connectivity index (χ2v) is 6.04. The van der Waals surface area contributed by atoms with Crippen LogP contribution in [-0.2, 0) is 16.0 Å². The Balaban J connectivity index is 2.07. The van der Waals surface area contributed by atoms with Gasteiger partial charge in [0.05, 0.1) is 13.5 Å². The third-order valence-electron chi connectivity index (χ3n) is 4.11. The number of aliphatic carboxylic acids is 1. The fraction of sp³-hybridized carbons (Fsp3) is 0.500. The fourth-order valence-electron chi connectivity index (χ4n) is 2.83. The SMILES string of the molecule is COc1ccc(CC(=O)NC2(C(=O)O)CCCCC2)c(Cl)c1. The van der Waals surface area contributed by atoms with Gasteiger partial charge in [-0.05, 0) is 30.5 Å². The van der Waals surface area contributed by atoms with Gasteiger partial charge in [0, 0.05) is 5.02 Å². The maximum Gasteiger partial charge on any atom is 0.329 e. The van der Waals surface area contributed by atoms with E-state index in [1.54, 1.807) is 18.2 Å². The summed E-state index contributed by atoms with van der Waals surface area (Å²) in [6.07, 6.45) is 3.65. The highest BCUT2D eigenvalue weighted by molar-refractivity contribution is 6.31. The lowest BCUT2D eigenvalue weighted by atomic mass is 9.81. The van der Waals surface area contributed by atoms with Crippen molar-refractivity contribution in [3.63, 3.8) is 0 Å². The third kappa shape index (κ3) is 3.71. The van der Waals surface area contributed by atoms with Crippen LogP contribution >= 0.6 is 11.6 Å². The number of methoxy groups -OCH3 is 1. The van der Waals surface area contributed by atoms with Crippen molar-refractivity contribution in [2.45, 2.75) is 44.1 Å². The predicted octanol–water partition coefficient (Wildman–Crippen LogP) is 2.79. The highest BCUT2D eigenvalue weighted by Crippen LogP contribution is 2.29. The van der Waals surface area contributed by atoms with Crippen molar-refractivity contribution in [1.29, 1.82) is 0 Å². The lowest BCUT2D eigenvalue weighted by Gasteiger charge is -2.34. The molecular weight excluding hydrogens is 306 g/mol. The van der Waals surface area contributed by atoms with Crippen LogP contribution in [0.4, 0.5) is 0 Å². The summed E-state index contributed by atoms with van der Waals surface area (Å²) in [5, 5.41) is 12.6.